The second-order valence-corrected chi connectivity index (χ2v) is 6.16. The van der Waals surface area contributed by atoms with Crippen molar-refractivity contribution in [3.8, 4) is 5.75 Å². The summed E-state index contributed by atoms with van der Waals surface area (Å²) in [5.74, 6) is 0.198. The number of carbonyl (C=O) groups is 1. The molecule has 4 heteroatoms. The normalized spacial score (nSPS) is 11.2. The minimum atomic E-state index is -0.920. The number of hydrogen-bond donors (Lipinski definition) is 1. The summed E-state index contributed by atoms with van der Waals surface area (Å²) in [6, 6.07) is 3.50. The molecular weight excluding hydrogens is 276 g/mol. The summed E-state index contributed by atoms with van der Waals surface area (Å²) in [4.78, 5) is 10.9. The van der Waals surface area contributed by atoms with E-state index in [9.17, 15) is 4.79 Å². The van der Waals surface area contributed by atoms with Crippen LogP contribution in [0.1, 0.15) is 45.2 Å². The number of carboxylic acid groups (broad SMARTS) is 1. The molecule has 1 rings (SSSR count). The van der Waals surface area contributed by atoms with Gasteiger partial charge in [0.2, 0.25) is 0 Å². The van der Waals surface area contributed by atoms with E-state index in [1.165, 1.54) is 0 Å². The summed E-state index contributed by atoms with van der Waals surface area (Å²) >= 11 is 6.27. The molecule has 0 saturated heterocycles. The maximum atomic E-state index is 10.9. The van der Waals surface area contributed by atoms with E-state index in [0.717, 1.165) is 5.56 Å². The summed E-state index contributed by atoms with van der Waals surface area (Å²) < 4.78 is 5.67. The van der Waals surface area contributed by atoms with Gasteiger partial charge in [0.05, 0.1) is 12.2 Å². The van der Waals surface area contributed by atoms with Crippen molar-refractivity contribution in [3.05, 3.63) is 40.6 Å². The van der Waals surface area contributed by atoms with Crippen LogP contribution >= 0.6 is 11.6 Å². The van der Waals surface area contributed by atoms with Gasteiger partial charge in [-0.05, 0) is 23.1 Å². The topological polar surface area (TPSA) is 46.5 Å². The van der Waals surface area contributed by atoms with Crippen molar-refractivity contribution >= 4 is 17.6 Å². The molecule has 3 nitrogen and oxygen atoms in total. The fourth-order valence-electron chi connectivity index (χ4n) is 1.79. The quantitative estimate of drug-likeness (QED) is 0.810. The van der Waals surface area contributed by atoms with E-state index >= 15 is 0 Å². The largest absolute Gasteiger partial charge is 0.481 e. The molecule has 0 saturated carbocycles. The Kier molecular flexibility index (Phi) is 5.23. The van der Waals surface area contributed by atoms with Crippen LogP contribution < -0.4 is 4.74 Å². The van der Waals surface area contributed by atoms with Gasteiger partial charge in [-0.2, -0.15) is 0 Å². The predicted molar refractivity (Wildman–Crippen MR) is 81.6 cm³/mol. The highest BCUT2D eigenvalue weighted by molar-refractivity contribution is 6.31. The maximum absolute atomic E-state index is 10.9. The number of benzene rings is 1. The lowest BCUT2D eigenvalue weighted by atomic mass is 9.86. The first-order chi connectivity index (χ1) is 9.15. The highest BCUT2D eigenvalue weighted by Crippen LogP contribution is 2.36. The molecule has 0 spiro atoms. The van der Waals surface area contributed by atoms with Crippen LogP contribution in [-0.4, -0.2) is 11.1 Å². The molecule has 0 amide bonds. The van der Waals surface area contributed by atoms with E-state index in [1.54, 1.807) is 6.07 Å². The molecule has 1 aromatic carbocycles. The van der Waals surface area contributed by atoms with E-state index in [1.807, 2.05) is 33.8 Å². The fourth-order valence-corrected chi connectivity index (χ4v) is 2.26. The van der Waals surface area contributed by atoms with E-state index < -0.39 is 5.97 Å². The van der Waals surface area contributed by atoms with Crippen LogP contribution in [0.3, 0.4) is 0 Å². The lowest BCUT2D eigenvalue weighted by Crippen LogP contribution is -2.13. The second-order valence-electron chi connectivity index (χ2n) is 5.75. The SMILES string of the molecule is C=C(CC)Oc1cc(C(C)(C)C)c(Cl)cc1CC(=O)O. The van der Waals surface area contributed by atoms with Crippen molar-refractivity contribution < 1.29 is 14.6 Å². The summed E-state index contributed by atoms with van der Waals surface area (Å²) in [6.07, 6.45) is 0.538. The number of allylic oxidation sites excluding steroid dienone is 1. The van der Waals surface area contributed by atoms with Crippen molar-refractivity contribution in [2.24, 2.45) is 0 Å². The molecule has 20 heavy (non-hydrogen) atoms. The van der Waals surface area contributed by atoms with Crippen LogP contribution in [0.25, 0.3) is 0 Å². The standard InChI is InChI=1S/C16H21ClO3/c1-6-10(2)20-14-9-12(16(3,4)5)13(17)7-11(14)8-15(18)19/h7,9H,2,6,8H2,1,3-5H3,(H,18,19). The van der Waals surface area contributed by atoms with Gasteiger partial charge in [-0.1, -0.05) is 45.9 Å². The van der Waals surface area contributed by atoms with Gasteiger partial charge < -0.3 is 9.84 Å². The summed E-state index contributed by atoms with van der Waals surface area (Å²) in [7, 11) is 0. The molecular formula is C16H21ClO3. The fraction of sp³-hybridized carbons (Fsp3) is 0.438. The number of ether oxygens (including phenoxy) is 1. The number of rotatable bonds is 5. The third-order valence-corrected chi connectivity index (χ3v) is 3.26. The number of halogens is 1. The Bertz CT molecular complexity index is 527. The summed E-state index contributed by atoms with van der Waals surface area (Å²) in [5.41, 5.74) is 1.34. The minimum absolute atomic E-state index is 0.129. The van der Waals surface area contributed by atoms with Gasteiger partial charge >= 0.3 is 5.97 Å². The van der Waals surface area contributed by atoms with Gasteiger partial charge in [-0.3, -0.25) is 4.79 Å². The van der Waals surface area contributed by atoms with Crippen LogP contribution in [0.4, 0.5) is 0 Å². The monoisotopic (exact) mass is 296 g/mol. The van der Waals surface area contributed by atoms with E-state index in [4.69, 9.17) is 21.4 Å². The zero-order chi connectivity index (χ0) is 15.5. The van der Waals surface area contributed by atoms with Crippen LogP contribution in [0.2, 0.25) is 5.02 Å². The Morgan fingerprint density at radius 1 is 1.40 bits per heavy atom. The summed E-state index contributed by atoms with van der Waals surface area (Å²) in [6.45, 7) is 11.9. The van der Waals surface area contributed by atoms with Gasteiger partial charge in [0.1, 0.15) is 5.75 Å². The molecule has 0 aliphatic rings. The van der Waals surface area contributed by atoms with Crippen molar-refractivity contribution in [2.75, 3.05) is 0 Å². The van der Waals surface area contributed by atoms with Crippen LogP contribution in [0, 0.1) is 0 Å². The Balaban J connectivity index is 3.33. The first kappa shape index (κ1) is 16.6. The highest BCUT2D eigenvalue weighted by Gasteiger charge is 2.21. The Hall–Kier alpha value is -1.48. The Labute approximate surface area is 125 Å². The minimum Gasteiger partial charge on any atom is -0.481 e. The molecule has 0 atom stereocenters. The molecule has 0 aromatic heterocycles. The van der Waals surface area contributed by atoms with Crippen LogP contribution in [0.5, 0.6) is 5.75 Å². The van der Waals surface area contributed by atoms with E-state index in [0.29, 0.717) is 28.5 Å². The van der Waals surface area contributed by atoms with Crippen molar-refractivity contribution in [2.45, 2.75) is 46.0 Å². The average Bonchev–Trinajstić information content (AvgIpc) is 2.29. The molecule has 110 valence electrons. The molecule has 0 radical (unpaired) electrons. The first-order valence-electron chi connectivity index (χ1n) is 6.55. The molecule has 0 aliphatic carbocycles. The zero-order valence-corrected chi connectivity index (χ0v) is 13.2. The number of hydrogen-bond acceptors (Lipinski definition) is 2. The van der Waals surface area contributed by atoms with Gasteiger partial charge in [0.25, 0.3) is 0 Å². The van der Waals surface area contributed by atoms with Crippen LogP contribution in [0.15, 0.2) is 24.5 Å². The molecule has 0 aliphatic heterocycles. The lowest BCUT2D eigenvalue weighted by Gasteiger charge is -2.23. The first-order valence-corrected chi connectivity index (χ1v) is 6.93. The molecule has 0 heterocycles. The smallest absolute Gasteiger partial charge is 0.307 e. The maximum Gasteiger partial charge on any atom is 0.307 e. The predicted octanol–water partition coefficient (Wildman–Crippen LogP) is 4.57. The second kappa shape index (κ2) is 6.31. The van der Waals surface area contributed by atoms with Crippen molar-refractivity contribution in [1.82, 2.24) is 0 Å². The number of carboxylic acids is 1. The van der Waals surface area contributed by atoms with Gasteiger partial charge in [-0.15, -0.1) is 0 Å². The molecule has 0 bridgehead atoms. The Morgan fingerprint density at radius 3 is 2.45 bits per heavy atom. The Morgan fingerprint density at radius 2 is 2.00 bits per heavy atom. The van der Waals surface area contributed by atoms with Crippen molar-refractivity contribution in [1.29, 1.82) is 0 Å². The van der Waals surface area contributed by atoms with E-state index in [2.05, 4.69) is 6.58 Å². The molecule has 0 unspecified atom stereocenters. The molecule has 1 aromatic rings. The zero-order valence-electron chi connectivity index (χ0n) is 12.4. The highest BCUT2D eigenvalue weighted by atomic mass is 35.5. The van der Waals surface area contributed by atoms with Gasteiger partial charge in [-0.25, -0.2) is 0 Å². The number of aliphatic carboxylic acids is 1. The van der Waals surface area contributed by atoms with E-state index in [-0.39, 0.29) is 11.8 Å². The van der Waals surface area contributed by atoms with Crippen LogP contribution in [-0.2, 0) is 16.6 Å². The average molecular weight is 297 g/mol. The lowest BCUT2D eigenvalue weighted by molar-refractivity contribution is -0.136. The molecule has 1 N–H and O–H groups in total. The summed E-state index contributed by atoms with van der Waals surface area (Å²) in [5, 5.41) is 9.54. The third-order valence-electron chi connectivity index (χ3n) is 2.95. The van der Waals surface area contributed by atoms with Gasteiger partial charge in [0, 0.05) is 17.0 Å². The van der Waals surface area contributed by atoms with Gasteiger partial charge in [0.15, 0.2) is 0 Å². The molecule has 0 fully saturated rings. The van der Waals surface area contributed by atoms with Crippen molar-refractivity contribution in [3.63, 3.8) is 0 Å². The third kappa shape index (κ3) is 4.27.